The molecule has 0 aliphatic heterocycles. The summed E-state index contributed by atoms with van der Waals surface area (Å²) in [6.07, 6.45) is 15.7. The fourth-order valence-electron chi connectivity index (χ4n) is 1.11. The zero-order chi connectivity index (χ0) is 10.8. The second-order valence-electron chi connectivity index (χ2n) is 2.72. The summed E-state index contributed by atoms with van der Waals surface area (Å²) in [5.41, 5.74) is 2.28. The SMILES string of the molecule is C=C/C=C(/C=C\C)C(\C=C/C)=C/C=C. The van der Waals surface area contributed by atoms with Crippen molar-refractivity contribution >= 4 is 0 Å². The third-order valence-electron chi connectivity index (χ3n) is 1.62. The maximum Gasteiger partial charge on any atom is -0.0188 e. The van der Waals surface area contributed by atoms with Gasteiger partial charge in [-0.3, -0.25) is 0 Å². The van der Waals surface area contributed by atoms with E-state index >= 15 is 0 Å². The predicted molar refractivity (Wildman–Crippen MR) is 66.2 cm³/mol. The largest absolute Gasteiger partial charge is 0.0990 e. The molecule has 0 unspecified atom stereocenters. The molecule has 0 aromatic carbocycles. The van der Waals surface area contributed by atoms with Crippen LogP contribution in [0.25, 0.3) is 0 Å². The first-order chi connectivity index (χ1) is 6.79. The Kier molecular flexibility index (Phi) is 7.16. The Morgan fingerprint density at radius 2 is 1.14 bits per heavy atom. The summed E-state index contributed by atoms with van der Waals surface area (Å²) in [5, 5.41) is 0. The van der Waals surface area contributed by atoms with Crippen LogP contribution in [0.1, 0.15) is 13.8 Å². The lowest BCUT2D eigenvalue weighted by molar-refractivity contribution is 1.51. The zero-order valence-electron chi connectivity index (χ0n) is 9.03. The minimum absolute atomic E-state index is 1.14. The second-order valence-corrected chi connectivity index (χ2v) is 2.72. The summed E-state index contributed by atoms with van der Waals surface area (Å²) in [7, 11) is 0. The fraction of sp³-hybridized carbons (Fsp3) is 0.143. The van der Waals surface area contributed by atoms with Gasteiger partial charge in [0, 0.05) is 0 Å². The van der Waals surface area contributed by atoms with Crippen LogP contribution < -0.4 is 0 Å². The van der Waals surface area contributed by atoms with Gasteiger partial charge in [-0.05, 0) is 25.0 Å². The normalized spacial score (nSPS) is 13.9. The molecule has 74 valence electrons. The summed E-state index contributed by atoms with van der Waals surface area (Å²) in [6.45, 7) is 11.4. The van der Waals surface area contributed by atoms with Gasteiger partial charge in [0.2, 0.25) is 0 Å². The Balaban J connectivity index is 5.12. The molecule has 0 saturated heterocycles. The van der Waals surface area contributed by atoms with E-state index < -0.39 is 0 Å². The number of rotatable bonds is 5. The topological polar surface area (TPSA) is 0 Å². The number of hydrogen-bond acceptors (Lipinski definition) is 0. The van der Waals surface area contributed by atoms with Gasteiger partial charge in [0.1, 0.15) is 0 Å². The van der Waals surface area contributed by atoms with Crippen molar-refractivity contribution in [2.24, 2.45) is 0 Å². The predicted octanol–water partition coefficient (Wildman–Crippen LogP) is 4.36. The van der Waals surface area contributed by atoms with Crippen LogP contribution in [0.5, 0.6) is 0 Å². The Morgan fingerprint density at radius 3 is 1.36 bits per heavy atom. The van der Waals surface area contributed by atoms with Crippen molar-refractivity contribution in [3.63, 3.8) is 0 Å². The highest BCUT2D eigenvalue weighted by Gasteiger charge is 1.94. The molecule has 0 aliphatic carbocycles. The molecule has 0 aromatic heterocycles. The van der Waals surface area contributed by atoms with Crippen molar-refractivity contribution in [1.82, 2.24) is 0 Å². The standard InChI is InChI=1S/C14H18/c1-5-9-13(10-6-2)14(11-7-3)12-8-4/h5-12H,1,3H2,2,4H3/b10-6-,12-8-,13-9-,14-11-. The summed E-state index contributed by atoms with van der Waals surface area (Å²) in [6, 6.07) is 0. The van der Waals surface area contributed by atoms with E-state index in [0.29, 0.717) is 0 Å². The second kappa shape index (κ2) is 8.06. The third-order valence-corrected chi connectivity index (χ3v) is 1.62. The molecule has 0 fully saturated rings. The van der Waals surface area contributed by atoms with Crippen molar-refractivity contribution in [1.29, 1.82) is 0 Å². The van der Waals surface area contributed by atoms with Gasteiger partial charge < -0.3 is 0 Å². The highest BCUT2D eigenvalue weighted by molar-refractivity contribution is 5.48. The van der Waals surface area contributed by atoms with Gasteiger partial charge in [0.15, 0.2) is 0 Å². The van der Waals surface area contributed by atoms with Crippen molar-refractivity contribution in [3.05, 3.63) is 72.9 Å². The van der Waals surface area contributed by atoms with E-state index in [1.807, 2.05) is 38.2 Å². The summed E-state index contributed by atoms with van der Waals surface area (Å²) in [4.78, 5) is 0. The summed E-state index contributed by atoms with van der Waals surface area (Å²) < 4.78 is 0. The molecular weight excluding hydrogens is 168 g/mol. The maximum atomic E-state index is 3.70. The molecule has 0 bridgehead atoms. The van der Waals surface area contributed by atoms with Crippen LogP contribution in [0.4, 0.5) is 0 Å². The molecule has 0 nitrogen and oxygen atoms in total. The van der Waals surface area contributed by atoms with Crippen LogP contribution >= 0.6 is 0 Å². The van der Waals surface area contributed by atoms with Gasteiger partial charge in [0.05, 0.1) is 0 Å². The van der Waals surface area contributed by atoms with E-state index in [2.05, 4.69) is 25.3 Å². The van der Waals surface area contributed by atoms with Crippen LogP contribution in [0, 0.1) is 0 Å². The third kappa shape index (κ3) is 4.46. The highest BCUT2D eigenvalue weighted by atomic mass is 14.0. The van der Waals surface area contributed by atoms with Crippen LogP contribution in [0.2, 0.25) is 0 Å². The molecule has 14 heavy (non-hydrogen) atoms. The van der Waals surface area contributed by atoms with Gasteiger partial charge in [0.25, 0.3) is 0 Å². The first-order valence-electron chi connectivity index (χ1n) is 4.71. The molecule has 0 radical (unpaired) electrons. The van der Waals surface area contributed by atoms with Crippen molar-refractivity contribution in [2.45, 2.75) is 13.8 Å². The van der Waals surface area contributed by atoms with Crippen LogP contribution in [0.3, 0.4) is 0 Å². The van der Waals surface area contributed by atoms with Crippen molar-refractivity contribution in [3.8, 4) is 0 Å². The monoisotopic (exact) mass is 186 g/mol. The molecule has 0 amide bonds. The van der Waals surface area contributed by atoms with E-state index in [0.717, 1.165) is 11.1 Å². The Hall–Kier alpha value is -1.56. The van der Waals surface area contributed by atoms with Gasteiger partial charge in [-0.2, -0.15) is 0 Å². The average Bonchev–Trinajstić information content (AvgIpc) is 2.17. The molecule has 0 aromatic rings. The molecule has 0 saturated carbocycles. The van der Waals surface area contributed by atoms with Crippen LogP contribution in [0.15, 0.2) is 72.9 Å². The Morgan fingerprint density at radius 1 is 0.786 bits per heavy atom. The molecular formula is C14H18. The molecule has 0 heteroatoms. The lowest BCUT2D eigenvalue weighted by atomic mass is 10.0. The number of allylic oxidation sites excluding steroid dienone is 10. The number of hydrogen-bond donors (Lipinski definition) is 0. The maximum absolute atomic E-state index is 3.70. The average molecular weight is 186 g/mol. The van der Waals surface area contributed by atoms with Gasteiger partial charge >= 0.3 is 0 Å². The van der Waals surface area contributed by atoms with E-state index in [9.17, 15) is 0 Å². The lowest BCUT2D eigenvalue weighted by Crippen LogP contribution is -1.82. The quantitative estimate of drug-likeness (QED) is 0.559. The molecule has 0 N–H and O–H groups in total. The van der Waals surface area contributed by atoms with Crippen LogP contribution in [-0.4, -0.2) is 0 Å². The van der Waals surface area contributed by atoms with Gasteiger partial charge in [-0.25, -0.2) is 0 Å². The lowest BCUT2D eigenvalue weighted by Gasteiger charge is -2.01. The van der Waals surface area contributed by atoms with Crippen molar-refractivity contribution < 1.29 is 0 Å². The molecule has 0 atom stereocenters. The van der Waals surface area contributed by atoms with E-state index in [1.54, 1.807) is 12.2 Å². The molecule has 0 aliphatic rings. The van der Waals surface area contributed by atoms with E-state index in [4.69, 9.17) is 0 Å². The smallest absolute Gasteiger partial charge is 0.0188 e. The zero-order valence-corrected chi connectivity index (χ0v) is 9.03. The Labute approximate surface area is 87.3 Å². The minimum atomic E-state index is 1.14. The highest BCUT2D eigenvalue weighted by Crippen LogP contribution is 2.13. The first kappa shape index (κ1) is 12.4. The molecule has 0 spiro atoms. The van der Waals surface area contributed by atoms with Gasteiger partial charge in [-0.1, -0.05) is 61.8 Å². The van der Waals surface area contributed by atoms with Crippen molar-refractivity contribution in [2.75, 3.05) is 0 Å². The summed E-state index contributed by atoms with van der Waals surface area (Å²) in [5.74, 6) is 0. The van der Waals surface area contributed by atoms with Crippen LogP contribution in [-0.2, 0) is 0 Å². The molecule has 0 rings (SSSR count). The molecule has 0 heterocycles. The fourth-order valence-corrected chi connectivity index (χ4v) is 1.11. The van der Waals surface area contributed by atoms with Gasteiger partial charge in [-0.15, -0.1) is 0 Å². The first-order valence-corrected chi connectivity index (χ1v) is 4.71. The summed E-state index contributed by atoms with van der Waals surface area (Å²) >= 11 is 0. The Bertz CT molecular complexity index is 264. The van der Waals surface area contributed by atoms with E-state index in [1.165, 1.54) is 0 Å². The van der Waals surface area contributed by atoms with E-state index in [-0.39, 0.29) is 0 Å². The minimum Gasteiger partial charge on any atom is -0.0990 e.